The Morgan fingerprint density at radius 3 is 2.67 bits per heavy atom. The summed E-state index contributed by atoms with van der Waals surface area (Å²) in [5, 5.41) is 16.7. The Morgan fingerprint density at radius 1 is 1.22 bits per heavy atom. The molecule has 10 nitrogen and oxygen atoms in total. The number of aryl methyl sites for hydroxylation is 3. The SMILES string of the molecule is CCCn1nc(CC(=O)C2CN(c3cc(C)c4c(=O)c(C(=O)O)cn(-c5nccs5)c4n3)C2)cc1C. The van der Waals surface area contributed by atoms with Gasteiger partial charge in [-0.05, 0) is 38.0 Å². The number of carboxylic acids is 1. The maximum atomic E-state index is 12.9. The molecule has 36 heavy (non-hydrogen) atoms. The summed E-state index contributed by atoms with van der Waals surface area (Å²) >= 11 is 1.32. The molecule has 0 aliphatic carbocycles. The second-order valence-corrected chi connectivity index (χ2v) is 9.98. The van der Waals surface area contributed by atoms with Crippen molar-refractivity contribution < 1.29 is 14.7 Å². The second-order valence-electron chi connectivity index (χ2n) is 9.10. The van der Waals surface area contributed by atoms with E-state index in [1.807, 2.05) is 22.6 Å². The fourth-order valence-electron chi connectivity index (χ4n) is 4.57. The van der Waals surface area contributed by atoms with Gasteiger partial charge in [-0.1, -0.05) is 6.92 Å². The number of carbonyl (C=O) groups excluding carboxylic acids is 1. The summed E-state index contributed by atoms with van der Waals surface area (Å²) < 4.78 is 3.49. The summed E-state index contributed by atoms with van der Waals surface area (Å²) in [6.07, 6.45) is 4.19. The van der Waals surface area contributed by atoms with Crippen LogP contribution < -0.4 is 10.3 Å². The third-order valence-electron chi connectivity index (χ3n) is 6.48. The van der Waals surface area contributed by atoms with E-state index in [1.54, 1.807) is 29.1 Å². The maximum absolute atomic E-state index is 12.9. The third kappa shape index (κ3) is 4.19. The minimum atomic E-state index is -1.30. The van der Waals surface area contributed by atoms with E-state index in [0.29, 0.717) is 41.7 Å². The van der Waals surface area contributed by atoms with Crippen LogP contribution in [0, 0.1) is 19.8 Å². The zero-order chi connectivity index (χ0) is 25.6. The fourth-order valence-corrected chi connectivity index (χ4v) is 5.19. The molecule has 0 saturated carbocycles. The zero-order valence-corrected chi connectivity index (χ0v) is 21.1. The van der Waals surface area contributed by atoms with E-state index < -0.39 is 11.4 Å². The number of fused-ring (bicyclic) bond motifs is 1. The maximum Gasteiger partial charge on any atom is 0.341 e. The largest absolute Gasteiger partial charge is 0.477 e. The van der Waals surface area contributed by atoms with Crippen LogP contribution in [0.1, 0.15) is 40.7 Å². The Kier molecular flexibility index (Phi) is 6.17. The number of thiazole rings is 1. The number of pyridine rings is 2. The Hall–Kier alpha value is -3.86. The Balaban J connectivity index is 1.41. The number of anilines is 1. The van der Waals surface area contributed by atoms with Gasteiger partial charge in [-0.3, -0.25) is 18.8 Å². The highest BCUT2D eigenvalue weighted by Gasteiger charge is 2.34. The van der Waals surface area contributed by atoms with Crippen molar-refractivity contribution in [1.82, 2.24) is 24.3 Å². The van der Waals surface area contributed by atoms with Gasteiger partial charge in [0.1, 0.15) is 17.2 Å². The molecule has 1 aliphatic heterocycles. The molecular weight excluding hydrogens is 480 g/mol. The molecule has 11 heteroatoms. The molecule has 1 aliphatic rings. The van der Waals surface area contributed by atoms with E-state index in [4.69, 9.17) is 4.98 Å². The molecule has 5 heterocycles. The van der Waals surface area contributed by atoms with Crippen LogP contribution in [0.15, 0.2) is 34.7 Å². The van der Waals surface area contributed by atoms with Gasteiger partial charge in [0.2, 0.25) is 5.43 Å². The van der Waals surface area contributed by atoms with Gasteiger partial charge >= 0.3 is 5.97 Å². The minimum Gasteiger partial charge on any atom is -0.477 e. The van der Waals surface area contributed by atoms with Gasteiger partial charge in [-0.25, -0.2) is 14.8 Å². The van der Waals surface area contributed by atoms with Crippen molar-refractivity contribution in [2.45, 2.75) is 40.2 Å². The lowest BCUT2D eigenvalue weighted by molar-refractivity contribution is -0.123. The molecule has 186 valence electrons. The fraction of sp³-hybridized carbons (Fsp3) is 0.360. The first-order valence-corrected chi connectivity index (χ1v) is 12.7. The van der Waals surface area contributed by atoms with Crippen LogP contribution in [0.4, 0.5) is 5.82 Å². The quantitative estimate of drug-likeness (QED) is 0.387. The average molecular weight is 507 g/mol. The van der Waals surface area contributed by atoms with Gasteiger partial charge < -0.3 is 10.0 Å². The molecule has 0 unspecified atom stereocenters. The summed E-state index contributed by atoms with van der Waals surface area (Å²) in [6.45, 7) is 7.76. The van der Waals surface area contributed by atoms with Gasteiger partial charge in [-0.2, -0.15) is 5.10 Å². The van der Waals surface area contributed by atoms with Gasteiger partial charge in [-0.15, -0.1) is 11.3 Å². The smallest absolute Gasteiger partial charge is 0.341 e. The first-order chi connectivity index (χ1) is 17.3. The normalized spacial score (nSPS) is 13.8. The minimum absolute atomic E-state index is 0.116. The van der Waals surface area contributed by atoms with Crippen LogP contribution in [0.25, 0.3) is 16.2 Å². The van der Waals surface area contributed by atoms with Crippen molar-refractivity contribution >= 4 is 39.9 Å². The second kappa shape index (κ2) is 9.30. The van der Waals surface area contributed by atoms with E-state index >= 15 is 0 Å². The lowest BCUT2D eigenvalue weighted by Gasteiger charge is -2.39. The topological polar surface area (TPSA) is 123 Å². The van der Waals surface area contributed by atoms with Crippen molar-refractivity contribution in [1.29, 1.82) is 0 Å². The molecule has 0 bridgehead atoms. The molecule has 0 amide bonds. The highest BCUT2D eigenvalue weighted by molar-refractivity contribution is 7.12. The monoisotopic (exact) mass is 506 g/mol. The first kappa shape index (κ1) is 23.9. The molecule has 1 fully saturated rings. The van der Waals surface area contributed by atoms with E-state index in [2.05, 4.69) is 17.0 Å². The van der Waals surface area contributed by atoms with Crippen molar-refractivity contribution in [3.63, 3.8) is 0 Å². The Morgan fingerprint density at radius 2 is 2.00 bits per heavy atom. The van der Waals surface area contributed by atoms with Crippen LogP contribution in [0.5, 0.6) is 0 Å². The van der Waals surface area contributed by atoms with E-state index in [9.17, 15) is 19.5 Å². The summed E-state index contributed by atoms with van der Waals surface area (Å²) in [5.74, 6) is -0.625. The first-order valence-electron chi connectivity index (χ1n) is 11.8. The molecule has 5 rings (SSSR count). The number of aromatic carboxylic acids is 1. The number of hydrogen-bond donors (Lipinski definition) is 1. The predicted octanol–water partition coefficient (Wildman–Crippen LogP) is 3.01. The van der Waals surface area contributed by atoms with Crippen molar-refractivity contribution in [2.24, 2.45) is 5.92 Å². The molecule has 1 N–H and O–H groups in total. The number of aromatic nitrogens is 5. The molecule has 4 aromatic heterocycles. The number of carbonyl (C=O) groups is 2. The summed E-state index contributed by atoms with van der Waals surface area (Å²) in [4.78, 5) is 48.5. The number of nitrogens with zero attached hydrogens (tertiary/aromatic N) is 6. The molecule has 0 atom stereocenters. The highest BCUT2D eigenvalue weighted by atomic mass is 32.1. The molecule has 0 aromatic carbocycles. The van der Waals surface area contributed by atoms with E-state index in [1.165, 1.54) is 17.5 Å². The molecule has 1 saturated heterocycles. The summed E-state index contributed by atoms with van der Waals surface area (Å²) in [6, 6.07) is 3.75. The number of Topliss-reactive ketones (excluding diaryl/α,β-unsaturated/α-hetero) is 1. The van der Waals surface area contributed by atoms with Crippen LogP contribution >= 0.6 is 11.3 Å². The number of hydrogen-bond acceptors (Lipinski definition) is 8. The predicted molar refractivity (Wildman–Crippen MR) is 136 cm³/mol. The summed E-state index contributed by atoms with van der Waals surface area (Å²) in [5.41, 5.74) is 1.92. The Labute approximate surface area is 210 Å². The number of rotatable bonds is 8. The van der Waals surface area contributed by atoms with Crippen LogP contribution in [-0.2, 0) is 17.8 Å². The van der Waals surface area contributed by atoms with E-state index in [0.717, 1.165) is 24.4 Å². The highest BCUT2D eigenvalue weighted by Crippen LogP contribution is 2.29. The zero-order valence-electron chi connectivity index (χ0n) is 20.3. The van der Waals surface area contributed by atoms with Gasteiger partial charge in [0.05, 0.1) is 23.4 Å². The molecule has 0 spiro atoms. The van der Waals surface area contributed by atoms with Crippen LogP contribution in [0.3, 0.4) is 0 Å². The number of ketones is 1. The van der Waals surface area contributed by atoms with Crippen molar-refractivity contribution in [2.75, 3.05) is 18.0 Å². The van der Waals surface area contributed by atoms with Gasteiger partial charge in [0, 0.05) is 43.1 Å². The third-order valence-corrected chi connectivity index (χ3v) is 7.25. The lowest BCUT2D eigenvalue weighted by atomic mass is 9.92. The molecular formula is C25H26N6O4S. The summed E-state index contributed by atoms with van der Waals surface area (Å²) in [7, 11) is 0. The van der Waals surface area contributed by atoms with Gasteiger partial charge in [0.25, 0.3) is 0 Å². The van der Waals surface area contributed by atoms with E-state index in [-0.39, 0.29) is 22.7 Å². The number of carboxylic acid groups (broad SMARTS) is 1. The molecule has 0 radical (unpaired) electrons. The molecule has 4 aromatic rings. The Bertz CT molecular complexity index is 1530. The van der Waals surface area contributed by atoms with Crippen molar-refractivity contribution in [3.8, 4) is 5.13 Å². The van der Waals surface area contributed by atoms with Crippen molar-refractivity contribution in [3.05, 3.63) is 62.6 Å². The van der Waals surface area contributed by atoms with Gasteiger partial charge in [0.15, 0.2) is 10.8 Å². The average Bonchev–Trinajstić information content (AvgIpc) is 3.43. The van der Waals surface area contributed by atoms with Crippen LogP contribution in [-0.4, -0.2) is 54.3 Å². The van der Waals surface area contributed by atoms with Crippen LogP contribution in [0.2, 0.25) is 0 Å². The standard InChI is InChI=1S/C25H26N6O4S/c1-4-6-31-15(3)9-17(28-31)10-19(32)16-11-29(12-16)20-8-14(2)21-22(33)18(24(34)35)13-30(23(21)27-20)25-26-5-7-36-25/h5,7-9,13,16H,4,6,10-12H2,1-3H3,(H,34,35). The lowest BCUT2D eigenvalue weighted by Crippen LogP contribution is -2.51.